The zero-order chi connectivity index (χ0) is 15.2. The number of carbonyl (C=O) groups excluding carboxylic acids is 1. The molecule has 1 amide bonds. The summed E-state index contributed by atoms with van der Waals surface area (Å²) in [4.78, 5) is 11.5. The molecule has 0 aliphatic rings. The molecule has 0 aliphatic carbocycles. The molecule has 5 N–H and O–H groups in total. The minimum Gasteiger partial charge on any atom is -0.399 e. The van der Waals surface area contributed by atoms with Crippen LogP contribution in [0.3, 0.4) is 0 Å². The lowest BCUT2D eigenvalue weighted by atomic mass is 10.1. The zero-order valence-corrected chi connectivity index (χ0v) is 11.9. The Hall–Kier alpha value is -2.53. The maximum absolute atomic E-state index is 11.5. The summed E-state index contributed by atoms with van der Waals surface area (Å²) in [6.45, 7) is 0.623. The number of hydrogen-bond donors (Lipinski definition) is 3. The first-order valence-electron chi connectivity index (χ1n) is 6.65. The van der Waals surface area contributed by atoms with E-state index in [2.05, 4.69) is 5.32 Å². The smallest absolute Gasteiger partial charge is 0.250 e. The number of nitrogen functional groups attached to an aromatic ring is 1. The molecule has 110 valence electrons. The number of nitrogens with one attached hydrogen (secondary N) is 1. The molecule has 5 heteroatoms. The number of anilines is 3. The molecular formula is C16H19N3O2. The molecule has 2 aromatic carbocycles. The van der Waals surface area contributed by atoms with Gasteiger partial charge in [0, 0.05) is 18.5 Å². The number of benzene rings is 2. The van der Waals surface area contributed by atoms with E-state index in [0.717, 1.165) is 17.7 Å². The first-order chi connectivity index (χ1) is 10.1. The van der Waals surface area contributed by atoms with Crippen LogP contribution in [0.1, 0.15) is 15.9 Å². The van der Waals surface area contributed by atoms with Crippen molar-refractivity contribution in [2.75, 3.05) is 24.8 Å². The Morgan fingerprint density at radius 2 is 1.95 bits per heavy atom. The van der Waals surface area contributed by atoms with Crippen LogP contribution in [0.4, 0.5) is 17.1 Å². The Labute approximate surface area is 123 Å². The van der Waals surface area contributed by atoms with Crippen molar-refractivity contribution in [2.24, 2.45) is 5.73 Å². The van der Waals surface area contributed by atoms with Gasteiger partial charge in [-0.3, -0.25) is 4.79 Å². The minimum atomic E-state index is -0.494. The van der Waals surface area contributed by atoms with E-state index in [1.54, 1.807) is 25.3 Å². The highest BCUT2D eigenvalue weighted by Crippen LogP contribution is 2.26. The van der Waals surface area contributed by atoms with Gasteiger partial charge in [0.05, 0.1) is 17.9 Å². The van der Waals surface area contributed by atoms with Gasteiger partial charge < -0.3 is 21.5 Å². The summed E-state index contributed by atoms with van der Waals surface area (Å²) >= 11 is 0. The molecule has 0 unspecified atom stereocenters. The van der Waals surface area contributed by atoms with Gasteiger partial charge in [-0.1, -0.05) is 18.2 Å². The van der Waals surface area contributed by atoms with Crippen molar-refractivity contribution in [1.29, 1.82) is 0 Å². The number of amides is 1. The van der Waals surface area contributed by atoms with Crippen molar-refractivity contribution >= 4 is 23.0 Å². The second-order valence-corrected chi connectivity index (χ2v) is 4.69. The van der Waals surface area contributed by atoms with E-state index in [4.69, 9.17) is 16.2 Å². The second-order valence-electron chi connectivity index (χ2n) is 4.69. The van der Waals surface area contributed by atoms with E-state index in [1.165, 1.54) is 0 Å². The Bertz CT molecular complexity index is 641. The van der Waals surface area contributed by atoms with Crippen LogP contribution in [-0.2, 0) is 11.2 Å². The van der Waals surface area contributed by atoms with Crippen LogP contribution in [-0.4, -0.2) is 19.6 Å². The highest BCUT2D eigenvalue weighted by molar-refractivity contribution is 6.00. The number of rotatable bonds is 6. The van der Waals surface area contributed by atoms with E-state index < -0.39 is 5.91 Å². The third kappa shape index (κ3) is 3.73. The average Bonchev–Trinajstić information content (AvgIpc) is 2.46. The number of carbonyl (C=O) groups is 1. The predicted octanol–water partition coefficient (Wildman–Crippen LogP) is 2.30. The first-order valence-corrected chi connectivity index (χ1v) is 6.65. The number of para-hydroxylation sites is 1. The summed E-state index contributed by atoms with van der Waals surface area (Å²) in [5.74, 6) is -0.494. The molecular weight excluding hydrogens is 266 g/mol. The molecule has 2 aromatic rings. The zero-order valence-electron chi connectivity index (χ0n) is 11.9. The fraction of sp³-hybridized carbons (Fsp3) is 0.188. The molecule has 0 aromatic heterocycles. The molecule has 0 atom stereocenters. The van der Waals surface area contributed by atoms with Gasteiger partial charge in [-0.15, -0.1) is 0 Å². The molecule has 0 bridgehead atoms. The van der Waals surface area contributed by atoms with Gasteiger partial charge in [-0.2, -0.15) is 0 Å². The van der Waals surface area contributed by atoms with Crippen LogP contribution >= 0.6 is 0 Å². The van der Waals surface area contributed by atoms with Gasteiger partial charge in [-0.25, -0.2) is 0 Å². The third-order valence-electron chi connectivity index (χ3n) is 3.17. The monoisotopic (exact) mass is 285 g/mol. The number of ether oxygens (including phenoxy) is 1. The molecule has 0 radical (unpaired) electrons. The van der Waals surface area contributed by atoms with E-state index in [1.807, 2.05) is 24.3 Å². The summed E-state index contributed by atoms with van der Waals surface area (Å²) in [7, 11) is 1.67. The van der Waals surface area contributed by atoms with E-state index in [-0.39, 0.29) is 0 Å². The van der Waals surface area contributed by atoms with Crippen molar-refractivity contribution in [3.8, 4) is 0 Å². The number of nitrogens with two attached hydrogens (primary N) is 2. The summed E-state index contributed by atoms with van der Waals surface area (Å²) in [6, 6.07) is 12.8. The van der Waals surface area contributed by atoms with E-state index in [0.29, 0.717) is 23.5 Å². The third-order valence-corrected chi connectivity index (χ3v) is 3.17. The van der Waals surface area contributed by atoms with Gasteiger partial charge in [0.2, 0.25) is 0 Å². The number of primary amides is 1. The fourth-order valence-electron chi connectivity index (χ4n) is 2.10. The standard InChI is InChI=1S/C16H19N3O2/c1-21-9-8-11-4-2-3-5-14(11)19-15-10-12(17)6-7-13(15)16(18)20/h2-7,10,19H,8-9,17H2,1H3,(H2,18,20). The molecule has 0 saturated carbocycles. The Balaban J connectivity index is 2.34. The molecule has 0 saturated heterocycles. The highest BCUT2D eigenvalue weighted by atomic mass is 16.5. The fourth-order valence-corrected chi connectivity index (χ4v) is 2.10. The van der Waals surface area contributed by atoms with Crippen molar-refractivity contribution in [3.63, 3.8) is 0 Å². The van der Waals surface area contributed by atoms with Crippen molar-refractivity contribution in [3.05, 3.63) is 53.6 Å². The molecule has 0 fully saturated rings. The lowest BCUT2D eigenvalue weighted by molar-refractivity contribution is 0.100. The normalized spacial score (nSPS) is 10.3. The number of hydrogen-bond acceptors (Lipinski definition) is 4. The van der Waals surface area contributed by atoms with E-state index in [9.17, 15) is 4.79 Å². The van der Waals surface area contributed by atoms with Crippen LogP contribution in [0.25, 0.3) is 0 Å². The molecule has 0 aliphatic heterocycles. The first kappa shape index (κ1) is 14.9. The van der Waals surface area contributed by atoms with Crippen LogP contribution in [0, 0.1) is 0 Å². The largest absolute Gasteiger partial charge is 0.399 e. The topological polar surface area (TPSA) is 90.4 Å². The van der Waals surface area contributed by atoms with Crippen LogP contribution in [0.15, 0.2) is 42.5 Å². The van der Waals surface area contributed by atoms with Crippen LogP contribution in [0.5, 0.6) is 0 Å². The van der Waals surface area contributed by atoms with Gasteiger partial charge in [0.25, 0.3) is 5.91 Å². The van der Waals surface area contributed by atoms with Crippen LogP contribution in [0.2, 0.25) is 0 Å². The molecule has 2 rings (SSSR count). The van der Waals surface area contributed by atoms with Crippen molar-refractivity contribution in [1.82, 2.24) is 0 Å². The average molecular weight is 285 g/mol. The quantitative estimate of drug-likeness (QED) is 0.710. The van der Waals surface area contributed by atoms with E-state index >= 15 is 0 Å². The second kappa shape index (κ2) is 6.76. The summed E-state index contributed by atoms with van der Waals surface area (Å²) in [5, 5.41) is 3.24. The maximum atomic E-state index is 11.5. The predicted molar refractivity (Wildman–Crippen MR) is 84.7 cm³/mol. The van der Waals surface area contributed by atoms with Crippen molar-refractivity contribution in [2.45, 2.75) is 6.42 Å². The van der Waals surface area contributed by atoms with Crippen LogP contribution < -0.4 is 16.8 Å². The molecule has 5 nitrogen and oxygen atoms in total. The summed E-state index contributed by atoms with van der Waals surface area (Å²) in [5.41, 5.74) is 14.8. The molecule has 0 heterocycles. The molecule has 0 spiro atoms. The Morgan fingerprint density at radius 3 is 2.67 bits per heavy atom. The maximum Gasteiger partial charge on any atom is 0.250 e. The van der Waals surface area contributed by atoms with Crippen molar-refractivity contribution < 1.29 is 9.53 Å². The Kier molecular flexibility index (Phi) is 4.79. The lowest BCUT2D eigenvalue weighted by Crippen LogP contribution is -2.14. The Morgan fingerprint density at radius 1 is 1.19 bits per heavy atom. The highest BCUT2D eigenvalue weighted by Gasteiger charge is 2.10. The van der Waals surface area contributed by atoms with Gasteiger partial charge >= 0.3 is 0 Å². The minimum absolute atomic E-state index is 0.408. The van der Waals surface area contributed by atoms with Gasteiger partial charge in [0.1, 0.15) is 0 Å². The number of methoxy groups -OCH3 is 1. The van der Waals surface area contributed by atoms with Gasteiger partial charge in [0.15, 0.2) is 0 Å². The lowest BCUT2D eigenvalue weighted by Gasteiger charge is -2.14. The SMILES string of the molecule is COCCc1ccccc1Nc1cc(N)ccc1C(N)=O. The summed E-state index contributed by atoms with van der Waals surface area (Å²) < 4.78 is 5.11. The van der Waals surface area contributed by atoms with Gasteiger partial charge in [-0.05, 0) is 36.2 Å². The molecule has 21 heavy (non-hydrogen) atoms. The summed E-state index contributed by atoms with van der Waals surface area (Å²) in [6.07, 6.45) is 0.772.